The van der Waals surface area contributed by atoms with Crippen LogP contribution in [-0.4, -0.2) is 53.4 Å². The van der Waals surface area contributed by atoms with Crippen LogP contribution in [0, 0.1) is 0 Å². The van der Waals surface area contributed by atoms with Crippen molar-refractivity contribution in [2.75, 3.05) is 42.3 Å². The second-order valence-corrected chi connectivity index (χ2v) is 8.20. The van der Waals surface area contributed by atoms with E-state index >= 15 is 0 Å². The first-order valence-electron chi connectivity index (χ1n) is 8.75. The Bertz CT molecular complexity index is 566. The third kappa shape index (κ3) is 3.89. The van der Waals surface area contributed by atoms with Crippen LogP contribution in [0.25, 0.3) is 0 Å². The molecule has 134 valence electrons. The van der Waals surface area contributed by atoms with E-state index in [0.717, 1.165) is 37.6 Å². The normalized spacial score (nSPS) is 23.9. The molecule has 0 amide bonds. The number of nitrogen functional groups attached to an aromatic ring is 1. The third-order valence-corrected chi connectivity index (χ3v) is 4.70. The summed E-state index contributed by atoms with van der Waals surface area (Å²) < 4.78 is 5.41. The number of hydrogen-bond donors (Lipinski definition) is 3. The summed E-state index contributed by atoms with van der Waals surface area (Å²) >= 11 is 0. The molecule has 2 saturated heterocycles. The monoisotopic (exact) mass is 334 g/mol. The molecule has 0 aromatic carbocycles. The molecule has 1 aromatic heterocycles. The summed E-state index contributed by atoms with van der Waals surface area (Å²) in [6.45, 7) is 12.0. The molecule has 0 aliphatic carbocycles. The van der Waals surface area contributed by atoms with E-state index in [-0.39, 0.29) is 11.1 Å². The fourth-order valence-electron chi connectivity index (χ4n) is 4.15. The summed E-state index contributed by atoms with van der Waals surface area (Å²) in [7, 11) is 0. The van der Waals surface area contributed by atoms with E-state index < -0.39 is 0 Å². The first kappa shape index (κ1) is 17.2. The topological polar surface area (TPSA) is 88.3 Å². The first-order chi connectivity index (χ1) is 11.3. The van der Waals surface area contributed by atoms with Crippen molar-refractivity contribution in [3.63, 3.8) is 0 Å². The van der Waals surface area contributed by atoms with Gasteiger partial charge in [0.05, 0.1) is 13.2 Å². The van der Waals surface area contributed by atoms with Gasteiger partial charge in [-0.05, 0) is 40.5 Å². The highest BCUT2D eigenvalue weighted by Crippen LogP contribution is 2.33. The molecule has 7 nitrogen and oxygen atoms in total. The molecule has 4 N–H and O–H groups in total. The van der Waals surface area contributed by atoms with E-state index in [9.17, 15) is 0 Å². The maximum atomic E-state index is 6.38. The Morgan fingerprint density at radius 3 is 2.42 bits per heavy atom. The van der Waals surface area contributed by atoms with E-state index in [4.69, 9.17) is 10.5 Å². The van der Waals surface area contributed by atoms with Crippen molar-refractivity contribution in [2.45, 2.75) is 57.7 Å². The van der Waals surface area contributed by atoms with Crippen LogP contribution >= 0.6 is 0 Å². The van der Waals surface area contributed by atoms with Gasteiger partial charge in [-0.25, -0.2) is 9.97 Å². The molecule has 1 aromatic rings. The molecule has 2 aliphatic heterocycles. The summed E-state index contributed by atoms with van der Waals surface area (Å²) in [6, 6.07) is 0.325. The van der Waals surface area contributed by atoms with Gasteiger partial charge in [0.25, 0.3) is 0 Å². The van der Waals surface area contributed by atoms with Crippen molar-refractivity contribution >= 4 is 17.3 Å². The van der Waals surface area contributed by atoms with Gasteiger partial charge >= 0.3 is 0 Å². The maximum Gasteiger partial charge on any atom is 0.157 e. The highest BCUT2D eigenvalue weighted by molar-refractivity contribution is 5.75. The second-order valence-electron chi connectivity index (χ2n) is 8.20. The number of anilines is 3. The minimum Gasteiger partial charge on any atom is -0.393 e. The lowest BCUT2D eigenvalue weighted by molar-refractivity contribution is 0.122. The summed E-state index contributed by atoms with van der Waals surface area (Å²) in [5.41, 5.74) is 7.17. The molecule has 3 heterocycles. The third-order valence-electron chi connectivity index (χ3n) is 4.70. The Kier molecular flexibility index (Phi) is 4.57. The zero-order valence-corrected chi connectivity index (χ0v) is 15.2. The van der Waals surface area contributed by atoms with Crippen molar-refractivity contribution in [2.24, 2.45) is 0 Å². The van der Waals surface area contributed by atoms with Crippen molar-refractivity contribution in [1.29, 1.82) is 0 Å². The number of nitrogens with two attached hydrogens (primary N) is 1. The average Bonchev–Trinajstić information content (AvgIpc) is 2.47. The lowest BCUT2D eigenvalue weighted by atomic mass is 9.79. The average molecular weight is 334 g/mol. The molecular weight excluding hydrogens is 304 g/mol. The van der Waals surface area contributed by atoms with Crippen molar-refractivity contribution < 1.29 is 4.74 Å². The van der Waals surface area contributed by atoms with Gasteiger partial charge < -0.3 is 26.0 Å². The van der Waals surface area contributed by atoms with Gasteiger partial charge in [-0.1, -0.05) is 0 Å². The molecule has 0 radical (unpaired) electrons. The van der Waals surface area contributed by atoms with Crippen LogP contribution < -0.4 is 21.3 Å². The van der Waals surface area contributed by atoms with E-state index in [0.29, 0.717) is 24.9 Å². The zero-order chi connectivity index (χ0) is 17.4. The standard InChI is InChI=1S/C17H30N6O/c1-16(2)9-12(10-17(3,4)22-16)21-14-13(18)15(20-11-19-14)23-5-7-24-8-6-23/h11-12,22H,5-10,18H2,1-4H3,(H,19,20,21). The quantitative estimate of drug-likeness (QED) is 0.774. The molecular formula is C17H30N6O. The van der Waals surface area contributed by atoms with Gasteiger partial charge in [-0.2, -0.15) is 0 Å². The molecule has 0 atom stereocenters. The number of piperidine rings is 1. The van der Waals surface area contributed by atoms with Crippen LogP contribution in [0.3, 0.4) is 0 Å². The summed E-state index contributed by atoms with van der Waals surface area (Å²) in [5, 5.41) is 7.27. The molecule has 24 heavy (non-hydrogen) atoms. The molecule has 2 aliphatic rings. The fourth-order valence-corrected chi connectivity index (χ4v) is 4.15. The van der Waals surface area contributed by atoms with Gasteiger partial charge in [0.15, 0.2) is 11.6 Å². The van der Waals surface area contributed by atoms with E-state index in [1.165, 1.54) is 0 Å². The largest absolute Gasteiger partial charge is 0.393 e. The Labute approximate surface area is 144 Å². The van der Waals surface area contributed by atoms with Gasteiger partial charge in [0.1, 0.15) is 12.0 Å². The van der Waals surface area contributed by atoms with Crippen LogP contribution in [0.1, 0.15) is 40.5 Å². The Morgan fingerprint density at radius 1 is 1.17 bits per heavy atom. The van der Waals surface area contributed by atoms with Crippen LogP contribution in [0.15, 0.2) is 6.33 Å². The van der Waals surface area contributed by atoms with E-state index in [2.05, 4.69) is 53.2 Å². The number of ether oxygens (including phenoxy) is 1. The number of nitrogens with zero attached hydrogens (tertiary/aromatic N) is 3. The predicted octanol–water partition coefficient (Wildman–Crippen LogP) is 1.62. The van der Waals surface area contributed by atoms with E-state index in [1.54, 1.807) is 6.33 Å². The van der Waals surface area contributed by atoms with Crippen molar-refractivity contribution in [3.8, 4) is 0 Å². The van der Waals surface area contributed by atoms with Crippen molar-refractivity contribution in [3.05, 3.63) is 6.33 Å². The molecule has 0 bridgehead atoms. The molecule has 2 fully saturated rings. The molecule has 0 spiro atoms. The summed E-state index contributed by atoms with van der Waals surface area (Å²) in [6.07, 6.45) is 3.64. The first-order valence-corrected chi connectivity index (χ1v) is 8.75. The smallest absolute Gasteiger partial charge is 0.157 e. The van der Waals surface area contributed by atoms with Gasteiger partial charge in [-0.3, -0.25) is 0 Å². The number of morpholine rings is 1. The highest BCUT2D eigenvalue weighted by atomic mass is 16.5. The van der Waals surface area contributed by atoms with Crippen LogP contribution in [0.5, 0.6) is 0 Å². The molecule has 7 heteroatoms. The zero-order valence-electron chi connectivity index (χ0n) is 15.2. The summed E-state index contributed by atoms with van der Waals surface area (Å²) in [5.74, 6) is 1.55. The Hall–Kier alpha value is -1.60. The maximum absolute atomic E-state index is 6.38. The molecule has 0 unspecified atom stereocenters. The van der Waals surface area contributed by atoms with Gasteiger partial charge in [-0.15, -0.1) is 0 Å². The lowest BCUT2D eigenvalue weighted by Crippen LogP contribution is -2.60. The van der Waals surface area contributed by atoms with Crippen molar-refractivity contribution in [1.82, 2.24) is 15.3 Å². The lowest BCUT2D eigenvalue weighted by Gasteiger charge is -2.46. The minimum atomic E-state index is 0.0776. The highest BCUT2D eigenvalue weighted by Gasteiger charge is 2.38. The number of rotatable bonds is 3. The SMILES string of the molecule is CC1(C)CC(Nc2ncnc(N3CCOCC3)c2N)CC(C)(C)N1. The second kappa shape index (κ2) is 6.37. The number of hydrogen-bond acceptors (Lipinski definition) is 7. The fraction of sp³-hybridized carbons (Fsp3) is 0.765. The van der Waals surface area contributed by atoms with Crippen LogP contribution in [-0.2, 0) is 4.74 Å². The molecule has 0 saturated carbocycles. The Balaban J connectivity index is 1.77. The van der Waals surface area contributed by atoms with Gasteiger partial charge in [0, 0.05) is 30.2 Å². The van der Waals surface area contributed by atoms with Crippen LogP contribution in [0.4, 0.5) is 17.3 Å². The number of nitrogens with one attached hydrogen (secondary N) is 2. The predicted molar refractivity (Wildman–Crippen MR) is 97.4 cm³/mol. The number of aromatic nitrogens is 2. The minimum absolute atomic E-state index is 0.0776. The van der Waals surface area contributed by atoms with Crippen LogP contribution in [0.2, 0.25) is 0 Å². The summed E-state index contributed by atoms with van der Waals surface area (Å²) in [4.78, 5) is 11.0. The Morgan fingerprint density at radius 2 is 1.79 bits per heavy atom. The van der Waals surface area contributed by atoms with Gasteiger partial charge in [0.2, 0.25) is 0 Å². The van der Waals surface area contributed by atoms with E-state index in [1.807, 2.05) is 0 Å². The molecule has 3 rings (SSSR count).